The lowest BCUT2D eigenvalue weighted by molar-refractivity contribution is 0.331. The number of hydrogen-bond acceptors (Lipinski definition) is 4. The Bertz CT molecular complexity index is 668. The van der Waals surface area contributed by atoms with Gasteiger partial charge >= 0.3 is 0 Å². The lowest BCUT2D eigenvalue weighted by Gasteiger charge is -2.24. The summed E-state index contributed by atoms with van der Waals surface area (Å²) in [7, 11) is -3.68. The van der Waals surface area contributed by atoms with Gasteiger partial charge in [0.25, 0.3) is 10.0 Å². The Morgan fingerprint density at radius 3 is 2.31 bits per heavy atom. The fourth-order valence-electron chi connectivity index (χ4n) is 2.99. The highest BCUT2D eigenvalue weighted by atomic mass is 35.5. The second kappa shape index (κ2) is 11.0. The van der Waals surface area contributed by atoms with Gasteiger partial charge in [0, 0.05) is 6.54 Å². The minimum atomic E-state index is -3.68. The maximum absolute atomic E-state index is 12.9. The van der Waals surface area contributed by atoms with Gasteiger partial charge in [0.1, 0.15) is 0 Å². The van der Waals surface area contributed by atoms with Crippen molar-refractivity contribution >= 4 is 40.8 Å². The highest BCUT2D eigenvalue weighted by molar-refractivity contribution is 7.89. The van der Waals surface area contributed by atoms with E-state index in [1.54, 1.807) is 24.3 Å². The predicted octanol–water partition coefficient (Wildman–Crippen LogP) is 2.85. The molecular formula is C17H30Cl2N4O2S. The average Bonchev–Trinajstić information content (AvgIpc) is 2.90. The van der Waals surface area contributed by atoms with Gasteiger partial charge in [-0.3, -0.25) is 5.41 Å². The number of unbranched alkanes of at least 4 members (excludes halogenated alkanes) is 1. The van der Waals surface area contributed by atoms with Crippen LogP contribution >= 0.6 is 24.8 Å². The van der Waals surface area contributed by atoms with Crippen LogP contribution in [0.15, 0.2) is 29.2 Å². The van der Waals surface area contributed by atoms with Crippen LogP contribution in [0.3, 0.4) is 0 Å². The third kappa shape index (κ3) is 5.25. The molecule has 3 N–H and O–H groups in total. The van der Waals surface area contributed by atoms with Crippen molar-refractivity contribution < 1.29 is 8.42 Å². The Balaban J connectivity index is 0.00000312. The van der Waals surface area contributed by atoms with Crippen molar-refractivity contribution in [3.05, 3.63) is 29.8 Å². The molecule has 1 fully saturated rings. The Kier molecular flexibility index (Phi) is 10.5. The summed E-state index contributed by atoms with van der Waals surface area (Å²) in [5.41, 5.74) is 6.55. The van der Waals surface area contributed by atoms with Gasteiger partial charge in [-0.25, -0.2) is 12.7 Å². The van der Waals surface area contributed by atoms with Crippen molar-refractivity contribution in [3.63, 3.8) is 0 Å². The van der Waals surface area contributed by atoms with Crippen molar-refractivity contribution in [3.8, 4) is 0 Å². The van der Waals surface area contributed by atoms with Gasteiger partial charge in [0.2, 0.25) is 5.96 Å². The monoisotopic (exact) mass is 424 g/mol. The zero-order valence-corrected chi connectivity index (χ0v) is 17.8. The summed E-state index contributed by atoms with van der Waals surface area (Å²) in [4.78, 5) is 2.16. The van der Waals surface area contributed by atoms with E-state index in [-0.39, 0.29) is 41.7 Å². The van der Waals surface area contributed by atoms with Gasteiger partial charge in [-0.1, -0.05) is 32.4 Å². The van der Waals surface area contributed by atoms with Crippen molar-refractivity contribution in [2.24, 2.45) is 5.73 Å². The molecule has 0 bridgehead atoms. The molecule has 9 heteroatoms. The smallest absolute Gasteiger partial charge is 0.266 e. The molecule has 0 radical (unpaired) electrons. The maximum atomic E-state index is 12.9. The number of halogens is 2. The van der Waals surface area contributed by atoms with Crippen molar-refractivity contribution in [2.45, 2.75) is 50.5 Å². The molecule has 150 valence electrons. The molecule has 1 heterocycles. The lowest BCUT2D eigenvalue weighted by Crippen LogP contribution is -2.38. The van der Waals surface area contributed by atoms with Gasteiger partial charge in [-0.05, 0) is 43.5 Å². The normalized spacial score (nSPS) is 17.0. The Hall–Kier alpha value is -1.02. The van der Waals surface area contributed by atoms with E-state index in [1.165, 1.54) is 4.31 Å². The molecule has 1 saturated heterocycles. The standard InChI is InChI=1S/C17H28N4O2S.2ClH/c1-3-5-12-20-15(4-2)13-21(17(20)19)24(22,23)16-8-6-14(7-9-16)10-11-18;;/h6-9,15,19H,3-5,10-13,18H2,1-2H3;2*1H. The highest BCUT2D eigenvalue weighted by Crippen LogP contribution is 2.26. The number of sulfonamides is 1. The summed E-state index contributed by atoms with van der Waals surface area (Å²) < 4.78 is 27.1. The van der Waals surface area contributed by atoms with E-state index in [2.05, 4.69) is 6.92 Å². The molecule has 26 heavy (non-hydrogen) atoms. The molecule has 0 aliphatic carbocycles. The average molecular weight is 425 g/mol. The van der Waals surface area contributed by atoms with Crippen LogP contribution in [-0.2, 0) is 16.4 Å². The van der Waals surface area contributed by atoms with E-state index in [1.807, 2.05) is 11.8 Å². The SMILES string of the molecule is CCCCN1C(=N)N(S(=O)(=O)c2ccc(CCN)cc2)CC1CC.Cl.Cl. The molecule has 1 unspecified atom stereocenters. The number of hydrogen-bond donors (Lipinski definition) is 2. The van der Waals surface area contributed by atoms with E-state index in [0.717, 1.165) is 37.8 Å². The van der Waals surface area contributed by atoms with E-state index < -0.39 is 10.0 Å². The first-order chi connectivity index (χ1) is 11.5. The first-order valence-electron chi connectivity index (χ1n) is 8.62. The molecule has 1 aliphatic heterocycles. The van der Waals surface area contributed by atoms with Gasteiger partial charge < -0.3 is 10.6 Å². The quantitative estimate of drug-likeness (QED) is 0.670. The van der Waals surface area contributed by atoms with Gasteiger partial charge in [-0.2, -0.15) is 0 Å². The first-order valence-corrected chi connectivity index (χ1v) is 10.1. The van der Waals surface area contributed by atoms with Crippen LogP contribution in [0, 0.1) is 5.41 Å². The van der Waals surface area contributed by atoms with Crippen LogP contribution in [0.2, 0.25) is 0 Å². The van der Waals surface area contributed by atoms with E-state index in [0.29, 0.717) is 13.1 Å². The minimum absolute atomic E-state index is 0. The highest BCUT2D eigenvalue weighted by Gasteiger charge is 2.40. The summed E-state index contributed by atoms with van der Waals surface area (Å²) >= 11 is 0. The van der Waals surface area contributed by atoms with E-state index in [9.17, 15) is 8.42 Å². The van der Waals surface area contributed by atoms with E-state index in [4.69, 9.17) is 11.1 Å². The van der Waals surface area contributed by atoms with Crippen LogP contribution in [0.4, 0.5) is 0 Å². The largest absolute Gasteiger partial charge is 0.337 e. The molecular weight excluding hydrogens is 395 g/mol. The number of nitrogens with one attached hydrogen (secondary N) is 1. The number of guanidine groups is 1. The van der Waals surface area contributed by atoms with Crippen LogP contribution in [0.1, 0.15) is 38.7 Å². The predicted molar refractivity (Wildman–Crippen MR) is 111 cm³/mol. The Morgan fingerprint density at radius 2 is 1.81 bits per heavy atom. The number of rotatable bonds is 8. The summed E-state index contributed by atoms with van der Waals surface area (Å²) in [6, 6.07) is 6.90. The molecule has 6 nitrogen and oxygen atoms in total. The van der Waals surface area contributed by atoms with Crippen LogP contribution in [-0.4, -0.2) is 49.3 Å². The van der Waals surface area contributed by atoms with Gasteiger partial charge in [0.05, 0.1) is 17.5 Å². The molecule has 1 atom stereocenters. The Morgan fingerprint density at radius 1 is 1.19 bits per heavy atom. The summed E-state index contributed by atoms with van der Waals surface area (Å²) in [5.74, 6) is 0.0985. The zero-order valence-electron chi connectivity index (χ0n) is 15.3. The van der Waals surface area contributed by atoms with Crippen LogP contribution in [0.5, 0.6) is 0 Å². The number of nitrogens with two attached hydrogens (primary N) is 1. The number of benzene rings is 1. The fourth-order valence-corrected chi connectivity index (χ4v) is 4.43. The summed E-state index contributed by atoms with van der Waals surface area (Å²) in [5, 5.41) is 8.34. The van der Waals surface area contributed by atoms with Crippen molar-refractivity contribution in [2.75, 3.05) is 19.6 Å². The zero-order chi connectivity index (χ0) is 17.7. The molecule has 0 aromatic heterocycles. The minimum Gasteiger partial charge on any atom is -0.337 e. The second-order valence-corrected chi connectivity index (χ2v) is 8.01. The van der Waals surface area contributed by atoms with Gasteiger partial charge in [-0.15, -0.1) is 24.8 Å². The van der Waals surface area contributed by atoms with Crippen LogP contribution < -0.4 is 5.73 Å². The van der Waals surface area contributed by atoms with Crippen LogP contribution in [0.25, 0.3) is 0 Å². The number of nitrogens with zero attached hydrogens (tertiary/aromatic N) is 2. The molecule has 1 aromatic carbocycles. The fraction of sp³-hybridized carbons (Fsp3) is 0.588. The Labute approximate surface area is 169 Å². The molecule has 1 aromatic rings. The third-order valence-corrected chi connectivity index (χ3v) is 6.26. The second-order valence-electron chi connectivity index (χ2n) is 6.15. The molecule has 2 rings (SSSR count). The first kappa shape index (κ1) is 25.0. The van der Waals surface area contributed by atoms with Gasteiger partial charge in [0.15, 0.2) is 0 Å². The van der Waals surface area contributed by atoms with Crippen molar-refractivity contribution in [1.82, 2.24) is 9.21 Å². The maximum Gasteiger partial charge on any atom is 0.266 e. The summed E-state index contributed by atoms with van der Waals surface area (Å²) in [6.07, 6.45) is 3.53. The molecule has 1 aliphatic rings. The van der Waals surface area contributed by atoms with E-state index >= 15 is 0 Å². The summed E-state index contributed by atoms with van der Waals surface area (Å²) in [6.45, 7) is 5.75. The lowest BCUT2D eigenvalue weighted by atomic mass is 10.2. The molecule has 0 spiro atoms. The third-order valence-electron chi connectivity index (χ3n) is 4.49. The van der Waals surface area contributed by atoms with Crippen molar-refractivity contribution in [1.29, 1.82) is 5.41 Å². The molecule has 0 amide bonds. The molecule has 0 saturated carbocycles. The topological polar surface area (TPSA) is 90.5 Å².